The molecule has 2 aromatic heterocycles. The Balaban J connectivity index is 1.80. The Kier molecular flexibility index (Phi) is 5.10. The van der Waals surface area contributed by atoms with Crippen LogP contribution in [-0.2, 0) is 11.3 Å². The third-order valence-corrected chi connectivity index (χ3v) is 5.56. The van der Waals surface area contributed by atoms with E-state index in [0.717, 1.165) is 41.0 Å². The molecule has 1 saturated heterocycles. The van der Waals surface area contributed by atoms with Gasteiger partial charge in [-0.25, -0.2) is 4.99 Å². The number of rotatable bonds is 4. The van der Waals surface area contributed by atoms with Gasteiger partial charge >= 0.3 is 0 Å². The fourth-order valence-corrected chi connectivity index (χ4v) is 4.33. The van der Waals surface area contributed by atoms with Crippen LogP contribution in [0.4, 0.5) is 5.69 Å². The number of pyridine rings is 1. The van der Waals surface area contributed by atoms with Gasteiger partial charge in [0.1, 0.15) is 0 Å². The van der Waals surface area contributed by atoms with Gasteiger partial charge in [0, 0.05) is 28.2 Å². The van der Waals surface area contributed by atoms with Crippen LogP contribution < -0.4 is 4.80 Å². The molecule has 25 heavy (non-hydrogen) atoms. The molecule has 0 N–H and O–H groups in total. The van der Waals surface area contributed by atoms with E-state index in [1.165, 1.54) is 11.3 Å². The monoisotopic (exact) mass is 415 g/mol. The van der Waals surface area contributed by atoms with Crippen LogP contribution in [0.15, 0.2) is 63.6 Å². The summed E-state index contributed by atoms with van der Waals surface area (Å²) in [7, 11) is 0. The zero-order chi connectivity index (χ0) is 17.1. The molecule has 0 saturated carbocycles. The minimum atomic E-state index is 0.258. The molecule has 1 fully saturated rings. The second kappa shape index (κ2) is 7.64. The minimum absolute atomic E-state index is 0.258. The van der Waals surface area contributed by atoms with E-state index in [1.54, 1.807) is 23.7 Å². The standard InChI is InChI=1S/C19H18BrN3OS/c20-15-5-1-4-14(10-15)18-13-25-19(22-16-6-2-8-21-11-16)23(18)12-17-7-3-9-24-17/h1-2,4-6,8,10-11,13,17H,3,7,9,12H2. The lowest BCUT2D eigenvalue weighted by Crippen LogP contribution is -2.24. The Morgan fingerprint density at radius 1 is 1.32 bits per heavy atom. The van der Waals surface area contributed by atoms with Gasteiger partial charge in [0.2, 0.25) is 0 Å². The van der Waals surface area contributed by atoms with Gasteiger partial charge in [-0.05, 0) is 37.1 Å². The van der Waals surface area contributed by atoms with Crippen molar-refractivity contribution < 1.29 is 4.74 Å². The normalized spacial score (nSPS) is 18.0. The largest absolute Gasteiger partial charge is 0.376 e. The smallest absolute Gasteiger partial charge is 0.190 e. The average molecular weight is 416 g/mol. The molecule has 1 atom stereocenters. The van der Waals surface area contributed by atoms with Crippen LogP contribution in [0, 0.1) is 0 Å². The molecule has 0 bridgehead atoms. The van der Waals surface area contributed by atoms with Crippen LogP contribution in [0.3, 0.4) is 0 Å². The Hall–Kier alpha value is -1.76. The van der Waals surface area contributed by atoms with Gasteiger partial charge in [-0.15, -0.1) is 11.3 Å². The SMILES string of the molecule is Brc1cccc(-c2csc(=Nc3cccnc3)n2CC2CCCO2)c1. The van der Waals surface area contributed by atoms with Gasteiger partial charge in [0.05, 0.1) is 30.2 Å². The molecule has 1 aliphatic heterocycles. The molecule has 1 aliphatic rings. The maximum Gasteiger partial charge on any atom is 0.190 e. The summed E-state index contributed by atoms with van der Waals surface area (Å²) in [5.74, 6) is 0. The highest BCUT2D eigenvalue weighted by Crippen LogP contribution is 2.25. The summed E-state index contributed by atoms with van der Waals surface area (Å²) >= 11 is 5.22. The molecule has 0 spiro atoms. The van der Waals surface area contributed by atoms with Crippen molar-refractivity contribution in [2.24, 2.45) is 4.99 Å². The third kappa shape index (κ3) is 3.92. The predicted molar refractivity (Wildman–Crippen MR) is 104 cm³/mol. The van der Waals surface area contributed by atoms with Crippen molar-refractivity contribution in [2.45, 2.75) is 25.5 Å². The van der Waals surface area contributed by atoms with Gasteiger partial charge in [-0.2, -0.15) is 0 Å². The van der Waals surface area contributed by atoms with E-state index >= 15 is 0 Å². The second-order valence-electron chi connectivity index (χ2n) is 5.98. The molecule has 0 radical (unpaired) electrons. The maximum absolute atomic E-state index is 5.87. The summed E-state index contributed by atoms with van der Waals surface area (Å²) in [5, 5.41) is 2.17. The highest BCUT2D eigenvalue weighted by atomic mass is 79.9. The average Bonchev–Trinajstić information content (AvgIpc) is 3.27. The van der Waals surface area contributed by atoms with Crippen LogP contribution >= 0.6 is 27.3 Å². The lowest BCUT2D eigenvalue weighted by Gasteiger charge is -2.14. The van der Waals surface area contributed by atoms with Crippen LogP contribution in [0.1, 0.15) is 12.8 Å². The molecule has 3 aromatic rings. The lowest BCUT2D eigenvalue weighted by molar-refractivity contribution is 0.0968. The molecule has 1 unspecified atom stereocenters. The fourth-order valence-electron chi connectivity index (χ4n) is 3.00. The summed E-state index contributed by atoms with van der Waals surface area (Å²) in [6, 6.07) is 12.3. The highest BCUT2D eigenvalue weighted by Gasteiger charge is 2.19. The number of ether oxygens (including phenoxy) is 1. The zero-order valence-electron chi connectivity index (χ0n) is 13.6. The molecule has 4 nitrogen and oxygen atoms in total. The predicted octanol–water partition coefficient (Wildman–Crippen LogP) is 4.79. The topological polar surface area (TPSA) is 39.4 Å². The summed E-state index contributed by atoms with van der Waals surface area (Å²) in [5.41, 5.74) is 3.21. The van der Waals surface area contributed by atoms with Crippen LogP contribution in [0.2, 0.25) is 0 Å². The number of benzene rings is 1. The number of hydrogen-bond acceptors (Lipinski definition) is 4. The Morgan fingerprint density at radius 2 is 2.28 bits per heavy atom. The van der Waals surface area contributed by atoms with Crippen LogP contribution in [0.5, 0.6) is 0 Å². The molecular weight excluding hydrogens is 398 g/mol. The van der Waals surface area contributed by atoms with E-state index in [2.05, 4.69) is 49.1 Å². The molecule has 128 valence electrons. The summed E-state index contributed by atoms with van der Waals surface area (Å²) in [6.07, 6.45) is 6.05. The Labute approximate surface area is 159 Å². The second-order valence-corrected chi connectivity index (χ2v) is 7.73. The van der Waals surface area contributed by atoms with Crippen molar-refractivity contribution in [2.75, 3.05) is 6.61 Å². The van der Waals surface area contributed by atoms with E-state index in [1.807, 2.05) is 18.2 Å². The maximum atomic E-state index is 5.87. The summed E-state index contributed by atoms with van der Waals surface area (Å²) in [6.45, 7) is 1.68. The van der Waals surface area contributed by atoms with Gasteiger partial charge in [-0.1, -0.05) is 28.1 Å². The van der Waals surface area contributed by atoms with E-state index in [0.29, 0.717) is 0 Å². The van der Waals surface area contributed by atoms with Crippen molar-refractivity contribution >= 4 is 33.0 Å². The Bertz CT molecular complexity index is 914. The first-order chi connectivity index (χ1) is 12.3. The van der Waals surface area contributed by atoms with Crippen LogP contribution in [-0.4, -0.2) is 22.3 Å². The first-order valence-corrected chi connectivity index (χ1v) is 9.97. The molecule has 0 amide bonds. The number of nitrogens with zero attached hydrogens (tertiary/aromatic N) is 3. The third-order valence-electron chi connectivity index (χ3n) is 4.20. The number of halogens is 1. The van der Waals surface area contributed by atoms with Gasteiger partial charge in [-0.3, -0.25) is 4.98 Å². The van der Waals surface area contributed by atoms with E-state index < -0.39 is 0 Å². The quantitative estimate of drug-likeness (QED) is 0.614. The number of thiazole rings is 1. The Morgan fingerprint density at radius 3 is 3.04 bits per heavy atom. The fraction of sp³-hybridized carbons (Fsp3) is 0.263. The molecule has 1 aromatic carbocycles. The van der Waals surface area contributed by atoms with Crippen molar-refractivity contribution in [1.82, 2.24) is 9.55 Å². The van der Waals surface area contributed by atoms with Gasteiger partial charge < -0.3 is 9.30 Å². The van der Waals surface area contributed by atoms with Crippen molar-refractivity contribution in [3.8, 4) is 11.3 Å². The minimum Gasteiger partial charge on any atom is -0.376 e. The lowest BCUT2D eigenvalue weighted by atomic mass is 10.1. The molecule has 4 rings (SSSR count). The van der Waals surface area contributed by atoms with Crippen molar-refractivity contribution in [1.29, 1.82) is 0 Å². The van der Waals surface area contributed by atoms with Crippen molar-refractivity contribution in [3.05, 3.63) is 63.4 Å². The summed E-state index contributed by atoms with van der Waals surface area (Å²) < 4.78 is 9.21. The van der Waals surface area contributed by atoms with Crippen LogP contribution in [0.25, 0.3) is 11.3 Å². The molecular formula is C19H18BrN3OS. The molecule has 6 heteroatoms. The van der Waals surface area contributed by atoms with E-state index in [-0.39, 0.29) is 6.10 Å². The van der Waals surface area contributed by atoms with E-state index in [4.69, 9.17) is 9.73 Å². The number of aromatic nitrogens is 2. The number of hydrogen-bond donors (Lipinski definition) is 0. The van der Waals surface area contributed by atoms with E-state index in [9.17, 15) is 0 Å². The van der Waals surface area contributed by atoms with Gasteiger partial charge in [0.25, 0.3) is 0 Å². The highest BCUT2D eigenvalue weighted by molar-refractivity contribution is 9.10. The first-order valence-electron chi connectivity index (χ1n) is 8.30. The zero-order valence-corrected chi connectivity index (χ0v) is 16.0. The summed E-state index contributed by atoms with van der Waals surface area (Å²) in [4.78, 5) is 9.94. The van der Waals surface area contributed by atoms with Gasteiger partial charge in [0.15, 0.2) is 4.80 Å². The first kappa shape index (κ1) is 16.7. The molecule has 3 heterocycles. The van der Waals surface area contributed by atoms with Crippen molar-refractivity contribution in [3.63, 3.8) is 0 Å². The molecule has 0 aliphatic carbocycles.